The van der Waals surface area contributed by atoms with Gasteiger partial charge >= 0.3 is 6.18 Å². The first-order valence-corrected chi connectivity index (χ1v) is 12.1. The second kappa shape index (κ2) is 9.78. The molecule has 0 N–H and O–H groups in total. The third-order valence-electron chi connectivity index (χ3n) is 5.73. The summed E-state index contributed by atoms with van der Waals surface area (Å²) in [4.78, 5) is 19.5. The van der Waals surface area contributed by atoms with Gasteiger partial charge in [0.05, 0.1) is 20.5 Å². The van der Waals surface area contributed by atoms with Crippen molar-refractivity contribution < 1.29 is 18.0 Å². The van der Waals surface area contributed by atoms with Crippen LogP contribution in [-0.2, 0) is 11.0 Å². The number of hydrogen-bond donors (Lipinski definition) is 0. The lowest BCUT2D eigenvalue weighted by Gasteiger charge is -2.35. The maximum atomic E-state index is 13.5. The summed E-state index contributed by atoms with van der Waals surface area (Å²) >= 11 is 13.5. The van der Waals surface area contributed by atoms with Crippen LogP contribution in [-0.4, -0.2) is 56.3 Å². The Morgan fingerprint density at radius 1 is 0.970 bits per heavy atom. The van der Waals surface area contributed by atoms with E-state index in [4.69, 9.17) is 23.2 Å². The third kappa shape index (κ3) is 5.45. The van der Waals surface area contributed by atoms with E-state index in [2.05, 4.69) is 9.80 Å². The Kier molecular flexibility index (Phi) is 7.19. The van der Waals surface area contributed by atoms with Crippen LogP contribution in [0.4, 0.5) is 24.5 Å². The normalized spacial score (nSPS) is 19.5. The Balaban J connectivity index is 1.71. The van der Waals surface area contributed by atoms with Crippen molar-refractivity contribution in [2.45, 2.75) is 6.18 Å². The molecule has 2 aromatic carbocycles. The quantitative estimate of drug-likeness (QED) is 0.476. The van der Waals surface area contributed by atoms with Crippen LogP contribution < -0.4 is 9.80 Å². The van der Waals surface area contributed by atoms with Gasteiger partial charge in [-0.2, -0.15) is 13.2 Å². The molecule has 2 aliphatic rings. The maximum Gasteiger partial charge on any atom is 0.416 e. The van der Waals surface area contributed by atoms with Crippen LogP contribution in [0.1, 0.15) is 11.1 Å². The molecule has 4 rings (SSSR count). The fourth-order valence-corrected chi connectivity index (χ4v) is 5.10. The van der Waals surface area contributed by atoms with E-state index in [0.717, 1.165) is 25.2 Å². The van der Waals surface area contributed by atoms with Crippen molar-refractivity contribution in [3.63, 3.8) is 0 Å². The molecular formula is C23H22Cl2F3N3OS. The van der Waals surface area contributed by atoms with Crippen molar-refractivity contribution in [2.75, 3.05) is 55.3 Å². The Morgan fingerprint density at radius 2 is 1.70 bits per heavy atom. The monoisotopic (exact) mass is 515 g/mol. The number of likely N-dealkylation sites (N-methyl/N-ethyl adjacent to an activating group) is 1. The number of piperazine rings is 1. The first-order chi connectivity index (χ1) is 15.6. The summed E-state index contributed by atoms with van der Waals surface area (Å²) in [6, 6.07) is 8.69. The number of rotatable bonds is 3. The third-order valence-corrected chi connectivity index (χ3v) is 7.46. The molecule has 0 bridgehead atoms. The van der Waals surface area contributed by atoms with E-state index in [1.807, 2.05) is 7.05 Å². The molecule has 0 atom stereocenters. The van der Waals surface area contributed by atoms with Gasteiger partial charge in [-0.05, 0) is 55.1 Å². The molecule has 33 heavy (non-hydrogen) atoms. The standard InChI is InChI=1S/C23H22Cl2F3N3OS/c1-29-6-8-30(9-7-29)20-5-2-16(23(26,27)28)12-15(20)13-21-22(32)31(10-11-33-21)17-3-4-18(24)19(25)14-17/h2-5,12-14H,6-11H2,1H3/b21-13-. The fraction of sp³-hybridized carbons (Fsp3) is 0.348. The van der Waals surface area contributed by atoms with Gasteiger partial charge < -0.3 is 14.7 Å². The minimum atomic E-state index is -4.47. The molecule has 2 heterocycles. The Bertz CT molecular complexity index is 1090. The van der Waals surface area contributed by atoms with E-state index < -0.39 is 11.7 Å². The van der Waals surface area contributed by atoms with Gasteiger partial charge in [0.2, 0.25) is 0 Å². The Labute approximate surface area is 204 Å². The van der Waals surface area contributed by atoms with Crippen LogP contribution in [0.15, 0.2) is 41.3 Å². The fourth-order valence-electron chi connectivity index (χ4n) is 3.87. The summed E-state index contributed by atoms with van der Waals surface area (Å²) in [7, 11) is 2.02. The zero-order valence-corrected chi connectivity index (χ0v) is 20.2. The molecule has 10 heteroatoms. The largest absolute Gasteiger partial charge is 0.416 e. The predicted octanol–water partition coefficient (Wildman–Crippen LogP) is 5.88. The lowest BCUT2D eigenvalue weighted by molar-refractivity contribution is -0.137. The van der Waals surface area contributed by atoms with Gasteiger partial charge in [-0.1, -0.05) is 23.2 Å². The zero-order chi connectivity index (χ0) is 23.8. The summed E-state index contributed by atoms with van der Waals surface area (Å²) in [5.41, 5.74) is 0.954. The van der Waals surface area contributed by atoms with Crippen molar-refractivity contribution in [3.8, 4) is 0 Å². The van der Waals surface area contributed by atoms with E-state index in [-0.39, 0.29) is 5.91 Å². The summed E-state index contributed by atoms with van der Waals surface area (Å²) in [6.45, 7) is 3.50. The number of alkyl halides is 3. The first kappa shape index (κ1) is 24.3. The van der Waals surface area contributed by atoms with Gasteiger partial charge in [0, 0.05) is 49.9 Å². The smallest absolute Gasteiger partial charge is 0.368 e. The molecule has 0 aromatic heterocycles. The second-order valence-electron chi connectivity index (χ2n) is 7.97. The number of thioether (sulfide) groups is 1. The van der Waals surface area contributed by atoms with Crippen molar-refractivity contribution in [2.24, 2.45) is 0 Å². The van der Waals surface area contributed by atoms with Gasteiger partial charge in [0.15, 0.2) is 0 Å². The van der Waals surface area contributed by atoms with Crippen molar-refractivity contribution in [1.82, 2.24) is 4.90 Å². The van der Waals surface area contributed by atoms with Gasteiger partial charge in [0.1, 0.15) is 0 Å². The molecule has 0 saturated carbocycles. The number of anilines is 2. The van der Waals surface area contributed by atoms with Crippen LogP contribution in [0.3, 0.4) is 0 Å². The molecule has 0 unspecified atom stereocenters. The van der Waals surface area contributed by atoms with E-state index in [9.17, 15) is 18.0 Å². The van der Waals surface area contributed by atoms with Crippen LogP contribution in [0.25, 0.3) is 6.08 Å². The van der Waals surface area contributed by atoms with Crippen molar-refractivity contribution in [1.29, 1.82) is 0 Å². The highest BCUT2D eigenvalue weighted by Crippen LogP contribution is 2.37. The molecule has 4 nitrogen and oxygen atoms in total. The van der Waals surface area contributed by atoms with E-state index >= 15 is 0 Å². The van der Waals surface area contributed by atoms with Crippen LogP contribution in [0.5, 0.6) is 0 Å². The van der Waals surface area contributed by atoms with Crippen molar-refractivity contribution in [3.05, 3.63) is 62.5 Å². The zero-order valence-electron chi connectivity index (χ0n) is 17.8. The lowest BCUT2D eigenvalue weighted by Crippen LogP contribution is -2.44. The van der Waals surface area contributed by atoms with E-state index in [1.165, 1.54) is 17.8 Å². The highest BCUT2D eigenvalue weighted by Gasteiger charge is 2.32. The number of benzene rings is 2. The van der Waals surface area contributed by atoms with Gasteiger partial charge in [-0.25, -0.2) is 0 Å². The van der Waals surface area contributed by atoms with E-state index in [1.54, 1.807) is 29.2 Å². The molecule has 2 fully saturated rings. The minimum Gasteiger partial charge on any atom is -0.368 e. The number of amides is 1. The average molecular weight is 516 g/mol. The Hall–Kier alpha value is -1.87. The van der Waals surface area contributed by atoms with Crippen LogP contribution in [0.2, 0.25) is 10.0 Å². The number of halogens is 5. The van der Waals surface area contributed by atoms with Crippen LogP contribution in [0, 0.1) is 0 Å². The molecule has 2 aliphatic heterocycles. The number of carbonyl (C=O) groups excluding carboxylic acids is 1. The highest BCUT2D eigenvalue weighted by molar-refractivity contribution is 8.04. The van der Waals surface area contributed by atoms with Gasteiger partial charge in [-0.15, -0.1) is 11.8 Å². The molecule has 2 aromatic rings. The number of hydrogen-bond acceptors (Lipinski definition) is 4. The van der Waals surface area contributed by atoms with Crippen LogP contribution >= 0.6 is 35.0 Å². The molecule has 1 amide bonds. The predicted molar refractivity (Wildman–Crippen MR) is 130 cm³/mol. The van der Waals surface area contributed by atoms with Gasteiger partial charge in [0.25, 0.3) is 5.91 Å². The number of nitrogens with zero attached hydrogens (tertiary/aromatic N) is 3. The molecule has 176 valence electrons. The summed E-state index contributed by atoms with van der Waals surface area (Å²) < 4.78 is 40.4. The van der Waals surface area contributed by atoms with Gasteiger partial charge in [-0.3, -0.25) is 4.79 Å². The summed E-state index contributed by atoms with van der Waals surface area (Å²) in [5.74, 6) is 0.340. The molecule has 0 aliphatic carbocycles. The first-order valence-electron chi connectivity index (χ1n) is 10.4. The lowest BCUT2D eigenvalue weighted by atomic mass is 10.1. The SMILES string of the molecule is CN1CCN(c2ccc(C(F)(F)F)cc2/C=C2\SCCN(c3ccc(Cl)c(Cl)c3)C2=O)CC1. The van der Waals surface area contributed by atoms with E-state index in [0.29, 0.717) is 57.3 Å². The number of carbonyl (C=O) groups is 1. The second-order valence-corrected chi connectivity index (χ2v) is 9.93. The summed E-state index contributed by atoms with van der Waals surface area (Å²) in [6.07, 6.45) is -2.89. The molecule has 0 radical (unpaired) electrons. The molecule has 2 saturated heterocycles. The Morgan fingerprint density at radius 3 is 2.36 bits per heavy atom. The average Bonchev–Trinajstić information content (AvgIpc) is 2.77. The molecule has 0 spiro atoms. The summed E-state index contributed by atoms with van der Waals surface area (Å²) in [5, 5.41) is 0.719. The topological polar surface area (TPSA) is 26.8 Å². The maximum absolute atomic E-state index is 13.5. The van der Waals surface area contributed by atoms with Crippen molar-refractivity contribution >= 4 is 58.3 Å². The molecular weight excluding hydrogens is 494 g/mol. The highest BCUT2D eigenvalue weighted by atomic mass is 35.5. The minimum absolute atomic E-state index is 0.272.